The van der Waals surface area contributed by atoms with Gasteiger partial charge in [-0.05, 0) is 45.0 Å². The smallest absolute Gasteiger partial charge is 0.410 e. The van der Waals surface area contributed by atoms with E-state index in [0.717, 1.165) is 5.39 Å². The van der Waals surface area contributed by atoms with Crippen LogP contribution in [0.4, 0.5) is 20.8 Å². The first-order valence-electron chi connectivity index (χ1n) is 11.3. The Morgan fingerprint density at radius 3 is 2.57 bits per heavy atom. The van der Waals surface area contributed by atoms with Gasteiger partial charge in [0.15, 0.2) is 11.5 Å². The normalized spacial score (nSPS) is 14.6. The van der Waals surface area contributed by atoms with E-state index >= 15 is 0 Å². The van der Waals surface area contributed by atoms with Crippen molar-refractivity contribution in [2.45, 2.75) is 45.3 Å². The Balaban J connectivity index is 1.45. The number of hydrogen-bond donors (Lipinski definition) is 1. The lowest BCUT2D eigenvalue weighted by molar-refractivity contribution is 0.0124. The Morgan fingerprint density at radius 2 is 1.91 bits per heavy atom. The second-order valence-electron chi connectivity index (χ2n) is 9.29. The van der Waals surface area contributed by atoms with Crippen LogP contribution in [0.1, 0.15) is 33.6 Å². The number of hydrogen-bond acceptors (Lipinski definition) is 7. The van der Waals surface area contributed by atoms with Gasteiger partial charge >= 0.3 is 6.09 Å². The molecular weight excluding hydrogens is 475 g/mol. The summed E-state index contributed by atoms with van der Waals surface area (Å²) in [5, 5.41) is 3.80. The number of ether oxygens (including phenoxy) is 3. The fourth-order valence-electron chi connectivity index (χ4n) is 3.72. The first kappa shape index (κ1) is 24.8. The number of benzene rings is 2. The van der Waals surface area contributed by atoms with Crippen LogP contribution in [0.5, 0.6) is 11.5 Å². The van der Waals surface area contributed by atoms with Crippen molar-refractivity contribution in [1.29, 1.82) is 0 Å². The number of anilines is 2. The van der Waals surface area contributed by atoms with Crippen LogP contribution in [0, 0.1) is 5.82 Å². The van der Waals surface area contributed by atoms with Crippen LogP contribution < -0.4 is 14.8 Å². The van der Waals surface area contributed by atoms with Crippen LogP contribution in [0.15, 0.2) is 36.5 Å². The lowest BCUT2D eigenvalue weighted by Crippen LogP contribution is -2.44. The highest BCUT2D eigenvalue weighted by Gasteiger charge is 2.28. The summed E-state index contributed by atoms with van der Waals surface area (Å²) >= 11 is 5.85. The van der Waals surface area contributed by atoms with Crippen LogP contribution in [0.2, 0.25) is 5.02 Å². The molecule has 0 unspecified atom stereocenters. The number of halogens is 2. The molecule has 1 fully saturated rings. The average Bonchev–Trinajstić information content (AvgIpc) is 2.80. The molecule has 1 aromatic heterocycles. The van der Waals surface area contributed by atoms with Gasteiger partial charge < -0.3 is 24.4 Å². The molecule has 1 aliphatic rings. The average molecular weight is 503 g/mol. The number of carbonyl (C=O) groups is 1. The van der Waals surface area contributed by atoms with Gasteiger partial charge in [0.1, 0.15) is 17.5 Å². The lowest BCUT2D eigenvalue weighted by atomic mass is 10.1. The summed E-state index contributed by atoms with van der Waals surface area (Å²) in [7, 11) is 1.57. The molecule has 10 heteroatoms. The van der Waals surface area contributed by atoms with E-state index in [-0.39, 0.29) is 17.2 Å². The summed E-state index contributed by atoms with van der Waals surface area (Å²) in [6, 6.07) is 7.92. The molecule has 1 amide bonds. The molecule has 0 atom stereocenters. The summed E-state index contributed by atoms with van der Waals surface area (Å²) in [6.07, 6.45) is 2.67. The number of aromatic nitrogens is 2. The molecule has 3 aromatic rings. The van der Waals surface area contributed by atoms with Crippen molar-refractivity contribution >= 4 is 40.2 Å². The van der Waals surface area contributed by atoms with E-state index in [2.05, 4.69) is 15.3 Å². The van der Waals surface area contributed by atoms with E-state index in [1.54, 1.807) is 30.3 Å². The molecule has 0 aliphatic carbocycles. The van der Waals surface area contributed by atoms with Gasteiger partial charge in [-0.25, -0.2) is 19.2 Å². The van der Waals surface area contributed by atoms with E-state index in [0.29, 0.717) is 54.6 Å². The topological polar surface area (TPSA) is 85.8 Å². The van der Waals surface area contributed by atoms with Crippen molar-refractivity contribution < 1.29 is 23.4 Å². The molecule has 1 saturated heterocycles. The first-order valence-corrected chi connectivity index (χ1v) is 11.7. The standard InChI is InChI=1S/C25H28ClFN4O4/c1-25(2,3)35-24(32)31-9-7-17(8-10-31)34-22-11-15-14-28-23(30-20(15)13-21(22)33-4)29-16-5-6-19(27)18(26)12-16/h5-6,11-14,17H,7-10H2,1-4H3,(H,28,29,30). The van der Waals surface area contributed by atoms with E-state index in [1.807, 2.05) is 26.8 Å². The Hall–Kier alpha value is -3.33. The van der Waals surface area contributed by atoms with Gasteiger partial charge in [-0.15, -0.1) is 0 Å². The molecule has 0 bridgehead atoms. The van der Waals surface area contributed by atoms with Crippen LogP contribution in [0.25, 0.3) is 10.9 Å². The van der Waals surface area contributed by atoms with Crippen molar-refractivity contribution in [3.8, 4) is 11.5 Å². The van der Waals surface area contributed by atoms with Gasteiger partial charge in [0.2, 0.25) is 5.95 Å². The molecule has 1 N–H and O–H groups in total. The third kappa shape index (κ3) is 6.22. The van der Waals surface area contributed by atoms with Crippen molar-refractivity contribution in [2.24, 2.45) is 0 Å². The minimum atomic E-state index is -0.521. The molecular formula is C25H28ClFN4O4. The largest absolute Gasteiger partial charge is 0.493 e. The predicted octanol–water partition coefficient (Wildman–Crippen LogP) is 5.95. The minimum Gasteiger partial charge on any atom is -0.493 e. The maximum atomic E-state index is 13.4. The summed E-state index contributed by atoms with van der Waals surface area (Å²) < 4.78 is 30.7. The van der Waals surface area contributed by atoms with Gasteiger partial charge in [-0.2, -0.15) is 0 Å². The van der Waals surface area contributed by atoms with Gasteiger partial charge in [0.05, 0.1) is 17.6 Å². The van der Waals surface area contributed by atoms with Gasteiger partial charge in [0.25, 0.3) is 0 Å². The second-order valence-corrected chi connectivity index (χ2v) is 9.70. The number of piperidine rings is 1. The van der Waals surface area contributed by atoms with E-state index < -0.39 is 11.4 Å². The van der Waals surface area contributed by atoms with Crippen LogP contribution in [-0.2, 0) is 4.74 Å². The molecule has 0 spiro atoms. The molecule has 0 saturated carbocycles. The zero-order valence-electron chi connectivity index (χ0n) is 20.1. The number of nitrogens with zero attached hydrogens (tertiary/aromatic N) is 3. The number of nitrogens with one attached hydrogen (secondary N) is 1. The Morgan fingerprint density at radius 1 is 1.17 bits per heavy atom. The lowest BCUT2D eigenvalue weighted by Gasteiger charge is -2.33. The van der Waals surface area contributed by atoms with E-state index in [4.69, 9.17) is 25.8 Å². The van der Waals surface area contributed by atoms with Crippen LogP contribution in [0.3, 0.4) is 0 Å². The second kappa shape index (κ2) is 10.1. The van der Waals surface area contributed by atoms with E-state index in [1.165, 1.54) is 12.1 Å². The molecule has 8 nitrogen and oxygen atoms in total. The van der Waals surface area contributed by atoms with Gasteiger partial charge in [-0.3, -0.25) is 0 Å². The molecule has 2 aromatic carbocycles. The fraction of sp³-hybridized carbons (Fsp3) is 0.400. The molecule has 186 valence electrons. The molecule has 0 radical (unpaired) electrons. The highest BCUT2D eigenvalue weighted by molar-refractivity contribution is 6.31. The number of methoxy groups -OCH3 is 1. The monoisotopic (exact) mass is 502 g/mol. The highest BCUT2D eigenvalue weighted by atomic mass is 35.5. The summed E-state index contributed by atoms with van der Waals surface area (Å²) in [5.41, 5.74) is 0.701. The predicted molar refractivity (Wildman–Crippen MR) is 132 cm³/mol. The molecule has 4 rings (SSSR count). The third-order valence-electron chi connectivity index (χ3n) is 5.43. The van der Waals surface area contributed by atoms with Crippen LogP contribution >= 0.6 is 11.6 Å². The zero-order chi connectivity index (χ0) is 25.2. The zero-order valence-corrected chi connectivity index (χ0v) is 20.9. The molecule has 2 heterocycles. The minimum absolute atomic E-state index is 0.0103. The molecule has 35 heavy (non-hydrogen) atoms. The quantitative estimate of drug-likeness (QED) is 0.461. The summed E-state index contributed by atoms with van der Waals surface area (Å²) in [6.45, 7) is 6.68. The Kier molecular flexibility index (Phi) is 7.16. The SMILES string of the molecule is COc1cc2nc(Nc3ccc(F)c(Cl)c3)ncc2cc1OC1CCN(C(=O)OC(C)(C)C)CC1. The number of likely N-dealkylation sites (tertiary alicyclic amines) is 1. The first-order chi connectivity index (χ1) is 16.6. The molecule has 1 aliphatic heterocycles. The fourth-order valence-corrected chi connectivity index (χ4v) is 3.90. The van der Waals surface area contributed by atoms with Crippen molar-refractivity contribution in [1.82, 2.24) is 14.9 Å². The van der Waals surface area contributed by atoms with Gasteiger partial charge in [0, 0.05) is 49.3 Å². The number of carbonyl (C=O) groups excluding carboxylic acids is 1. The highest BCUT2D eigenvalue weighted by Crippen LogP contribution is 2.34. The van der Waals surface area contributed by atoms with Crippen molar-refractivity contribution in [3.63, 3.8) is 0 Å². The third-order valence-corrected chi connectivity index (χ3v) is 5.72. The Bertz CT molecular complexity index is 1230. The van der Waals surface area contributed by atoms with Crippen LogP contribution in [-0.4, -0.2) is 52.9 Å². The summed E-state index contributed by atoms with van der Waals surface area (Å²) in [5.74, 6) is 0.974. The number of rotatable bonds is 5. The maximum Gasteiger partial charge on any atom is 0.410 e. The van der Waals surface area contributed by atoms with Crippen molar-refractivity contribution in [3.05, 3.63) is 47.4 Å². The summed E-state index contributed by atoms with van der Waals surface area (Å²) in [4.78, 5) is 22.9. The number of fused-ring (bicyclic) bond motifs is 1. The van der Waals surface area contributed by atoms with Gasteiger partial charge in [-0.1, -0.05) is 11.6 Å². The van der Waals surface area contributed by atoms with E-state index in [9.17, 15) is 9.18 Å². The Labute approximate surface area is 208 Å². The number of amides is 1. The maximum absolute atomic E-state index is 13.4. The van der Waals surface area contributed by atoms with Crippen molar-refractivity contribution in [2.75, 3.05) is 25.5 Å².